The molecule has 9 heteroatoms. The van der Waals surface area contributed by atoms with Crippen LogP contribution in [0.1, 0.15) is 50.0 Å². The Kier molecular flexibility index (Phi) is 7.42. The number of carbonyl (C=O) groups excluding carboxylic acids is 1. The first-order valence-corrected chi connectivity index (χ1v) is 10.1. The van der Waals surface area contributed by atoms with Crippen LogP contribution < -0.4 is 14.2 Å². The van der Waals surface area contributed by atoms with E-state index in [1.165, 1.54) is 0 Å². The van der Waals surface area contributed by atoms with Gasteiger partial charge in [-0.1, -0.05) is 5.16 Å². The van der Waals surface area contributed by atoms with Gasteiger partial charge in [0.2, 0.25) is 11.6 Å². The third-order valence-corrected chi connectivity index (χ3v) is 4.14. The number of nitrogens with zero attached hydrogens (tertiary/aromatic N) is 3. The summed E-state index contributed by atoms with van der Waals surface area (Å²) in [5.41, 5.74) is 0.958. The van der Waals surface area contributed by atoms with E-state index < -0.39 is 12.1 Å². The van der Waals surface area contributed by atoms with Gasteiger partial charge in [-0.15, -0.1) is 0 Å². The van der Waals surface area contributed by atoms with Crippen molar-refractivity contribution in [2.45, 2.75) is 33.8 Å². The summed E-state index contributed by atoms with van der Waals surface area (Å²) >= 11 is 0. The molecule has 0 bridgehead atoms. The van der Waals surface area contributed by atoms with Crippen molar-refractivity contribution < 1.29 is 28.3 Å². The Bertz CT molecular complexity index is 978. The van der Waals surface area contributed by atoms with Crippen LogP contribution in [0.4, 0.5) is 0 Å². The van der Waals surface area contributed by atoms with Crippen LogP contribution in [0.15, 0.2) is 41.2 Å². The van der Waals surface area contributed by atoms with E-state index in [-0.39, 0.29) is 11.5 Å². The standard InChI is InChI=1S/C22H25N3O6/c1-5-27-17-11-16(12-18(28-6-2)19(17)29-7-3)22(26)30-14(4)21-24-20(25-31-21)15-9-8-10-23-13-15/h8-14H,5-7H2,1-4H3. The molecule has 31 heavy (non-hydrogen) atoms. The Labute approximate surface area is 180 Å². The monoisotopic (exact) mass is 427 g/mol. The Hall–Kier alpha value is -3.62. The van der Waals surface area contributed by atoms with E-state index >= 15 is 0 Å². The smallest absolute Gasteiger partial charge is 0.339 e. The molecule has 2 heterocycles. The highest BCUT2D eigenvalue weighted by atomic mass is 16.6. The van der Waals surface area contributed by atoms with E-state index in [0.717, 1.165) is 0 Å². The number of hydrogen-bond acceptors (Lipinski definition) is 9. The van der Waals surface area contributed by atoms with Crippen LogP contribution in [0, 0.1) is 0 Å². The highest BCUT2D eigenvalue weighted by Crippen LogP contribution is 2.39. The minimum Gasteiger partial charge on any atom is -0.490 e. The number of esters is 1. The maximum atomic E-state index is 12.8. The molecule has 1 aromatic carbocycles. The lowest BCUT2D eigenvalue weighted by Crippen LogP contribution is -2.11. The summed E-state index contributed by atoms with van der Waals surface area (Å²) in [7, 11) is 0. The fourth-order valence-electron chi connectivity index (χ4n) is 2.80. The maximum absolute atomic E-state index is 12.8. The van der Waals surface area contributed by atoms with Gasteiger partial charge in [0.05, 0.1) is 25.4 Å². The van der Waals surface area contributed by atoms with Crippen LogP contribution in [0.5, 0.6) is 17.2 Å². The van der Waals surface area contributed by atoms with Gasteiger partial charge >= 0.3 is 5.97 Å². The molecule has 1 unspecified atom stereocenters. The van der Waals surface area contributed by atoms with Gasteiger partial charge in [-0.05, 0) is 52.0 Å². The van der Waals surface area contributed by atoms with E-state index in [4.69, 9.17) is 23.5 Å². The Morgan fingerprint density at radius 3 is 2.32 bits per heavy atom. The second-order valence-electron chi connectivity index (χ2n) is 6.35. The zero-order chi connectivity index (χ0) is 22.2. The molecule has 0 saturated heterocycles. The summed E-state index contributed by atoms with van der Waals surface area (Å²) < 4.78 is 27.8. The quantitative estimate of drug-likeness (QED) is 0.439. The van der Waals surface area contributed by atoms with Crippen molar-refractivity contribution in [2.24, 2.45) is 0 Å². The topological polar surface area (TPSA) is 106 Å². The first kappa shape index (κ1) is 22.1. The number of carbonyl (C=O) groups is 1. The van der Waals surface area contributed by atoms with Crippen molar-refractivity contribution in [3.8, 4) is 28.6 Å². The molecule has 0 aliphatic rings. The summed E-state index contributed by atoms with van der Waals surface area (Å²) in [6.45, 7) is 8.44. The molecule has 0 N–H and O–H groups in total. The molecule has 0 radical (unpaired) electrons. The third-order valence-electron chi connectivity index (χ3n) is 4.14. The third kappa shape index (κ3) is 5.30. The number of benzene rings is 1. The van der Waals surface area contributed by atoms with Crippen molar-refractivity contribution >= 4 is 5.97 Å². The van der Waals surface area contributed by atoms with Crippen molar-refractivity contribution in [2.75, 3.05) is 19.8 Å². The molecule has 1 atom stereocenters. The Morgan fingerprint density at radius 2 is 1.74 bits per heavy atom. The van der Waals surface area contributed by atoms with Crippen LogP contribution in [0.2, 0.25) is 0 Å². The van der Waals surface area contributed by atoms with E-state index in [0.29, 0.717) is 48.5 Å². The summed E-state index contributed by atoms with van der Waals surface area (Å²) in [6, 6.07) is 6.72. The van der Waals surface area contributed by atoms with Crippen LogP contribution in [0.3, 0.4) is 0 Å². The highest BCUT2D eigenvalue weighted by Gasteiger charge is 2.23. The van der Waals surface area contributed by atoms with Gasteiger partial charge < -0.3 is 23.5 Å². The zero-order valence-corrected chi connectivity index (χ0v) is 18.0. The maximum Gasteiger partial charge on any atom is 0.339 e. The van der Waals surface area contributed by atoms with Crippen molar-refractivity contribution in [1.82, 2.24) is 15.1 Å². The molecule has 0 aliphatic carbocycles. The zero-order valence-electron chi connectivity index (χ0n) is 18.0. The number of rotatable bonds is 10. The SMILES string of the molecule is CCOc1cc(C(=O)OC(C)c2nc(-c3cccnc3)no2)cc(OCC)c1OCC. The second-order valence-corrected chi connectivity index (χ2v) is 6.35. The molecule has 0 spiro atoms. The first-order chi connectivity index (χ1) is 15.1. The fraction of sp³-hybridized carbons (Fsp3) is 0.364. The van der Waals surface area contributed by atoms with Gasteiger partial charge in [0.15, 0.2) is 17.6 Å². The van der Waals surface area contributed by atoms with Crippen LogP contribution in [0.25, 0.3) is 11.4 Å². The van der Waals surface area contributed by atoms with Crippen molar-refractivity contribution in [3.05, 3.63) is 48.1 Å². The van der Waals surface area contributed by atoms with Gasteiger partial charge in [0.1, 0.15) is 0 Å². The molecular weight excluding hydrogens is 402 g/mol. The van der Waals surface area contributed by atoms with Gasteiger partial charge in [-0.25, -0.2) is 4.79 Å². The normalized spacial score (nSPS) is 11.6. The summed E-state index contributed by atoms with van der Waals surface area (Å²) in [5.74, 6) is 1.23. The fourth-order valence-corrected chi connectivity index (χ4v) is 2.80. The first-order valence-electron chi connectivity index (χ1n) is 10.1. The van der Waals surface area contributed by atoms with Crippen LogP contribution >= 0.6 is 0 Å². The molecule has 0 saturated carbocycles. The number of ether oxygens (including phenoxy) is 4. The molecule has 0 amide bonds. The molecular formula is C22H25N3O6. The Balaban J connectivity index is 1.81. The van der Waals surface area contributed by atoms with Gasteiger partial charge in [0, 0.05) is 18.0 Å². The van der Waals surface area contributed by atoms with E-state index in [9.17, 15) is 4.79 Å². The lowest BCUT2D eigenvalue weighted by atomic mass is 10.1. The molecule has 2 aromatic heterocycles. The van der Waals surface area contributed by atoms with Gasteiger partial charge in [-0.2, -0.15) is 4.98 Å². The van der Waals surface area contributed by atoms with E-state index in [1.807, 2.05) is 26.8 Å². The van der Waals surface area contributed by atoms with Gasteiger partial charge in [-0.3, -0.25) is 4.98 Å². The Morgan fingerprint density at radius 1 is 1.06 bits per heavy atom. The van der Waals surface area contributed by atoms with Gasteiger partial charge in [0.25, 0.3) is 5.89 Å². The van der Waals surface area contributed by atoms with E-state index in [2.05, 4.69) is 15.1 Å². The largest absolute Gasteiger partial charge is 0.490 e. The van der Waals surface area contributed by atoms with E-state index in [1.54, 1.807) is 37.5 Å². The predicted molar refractivity (Wildman–Crippen MR) is 111 cm³/mol. The minimum absolute atomic E-state index is 0.174. The molecule has 164 valence electrons. The summed E-state index contributed by atoms with van der Waals surface area (Å²) in [4.78, 5) is 21.1. The second kappa shape index (κ2) is 10.4. The average molecular weight is 427 g/mol. The molecule has 0 aliphatic heterocycles. The molecule has 3 rings (SSSR count). The lowest BCUT2D eigenvalue weighted by molar-refractivity contribution is 0.0264. The predicted octanol–water partition coefficient (Wildman–Crippen LogP) is 4.25. The minimum atomic E-state index is -0.761. The summed E-state index contributed by atoms with van der Waals surface area (Å²) in [6.07, 6.45) is 2.51. The van der Waals surface area contributed by atoms with Crippen molar-refractivity contribution in [3.63, 3.8) is 0 Å². The lowest BCUT2D eigenvalue weighted by Gasteiger charge is -2.17. The van der Waals surface area contributed by atoms with Crippen LogP contribution in [-0.2, 0) is 4.74 Å². The van der Waals surface area contributed by atoms with Crippen molar-refractivity contribution in [1.29, 1.82) is 0 Å². The number of pyridine rings is 1. The molecule has 0 fully saturated rings. The molecule has 3 aromatic rings. The number of aromatic nitrogens is 3. The highest BCUT2D eigenvalue weighted by molar-refractivity contribution is 5.91. The average Bonchev–Trinajstić information content (AvgIpc) is 3.27. The van der Waals surface area contributed by atoms with Crippen LogP contribution in [-0.4, -0.2) is 40.9 Å². The molecule has 9 nitrogen and oxygen atoms in total. The summed E-state index contributed by atoms with van der Waals surface area (Å²) in [5, 5.41) is 3.92. The number of hydrogen-bond donors (Lipinski definition) is 0.